The zero-order valence-corrected chi connectivity index (χ0v) is 12.8. The molecule has 0 fully saturated rings. The van der Waals surface area contributed by atoms with Gasteiger partial charge in [-0.2, -0.15) is 5.10 Å². The zero-order valence-electron chi connectivity index (χ0n) is 12.8. The summed E-state index contributed by atoms with van der Waals surface area (Å²) in [7, 11) is 0. The predicted octanol–water partition coefficient (Wildman–Crippen LogP) is 2.71. The van der Waals surface area contributed by atoms with Crippen molar-refractivity contribution in [1.29, 1.82) is 0 Å². The molecule has 21 heavy (non-hydrogen) atoms. The molecule has 1 heterocycles. The highest BCUT2D eigenvalue weighted by Crippen LogP contribution is 2.21. The molecule has 0 aliphatic heterocycles. The average Bonchev–Trinajstić information content (AvgIpc) is 2.68. The van der Waals surface area contributed by atoms with Crippen LogP contribution in [0.4, 0.5) is 4.79 Å². The first-order valence-corrected chi connectivity index (χ1v) is 6.75. The van der Waals surface area contributed by atoms with Crippen LogP contribution in [0.25, 0.3) is 5.69 Å². The van der Waals surface area contributed by atoms with Crippen LogP contribution in [-0.2, 0) is 0 Å². The Bertz CT molecular complexity index is 713. The van der Waals surface area contributed by atoms with Crippen LogP contribution < -0.4 is 11.2 Å². The number of aryl methyl sites for hydroxylation is 3. The third-order valence-electron chi connectivity index (χ3n) is 3.60. The van der Waals surface area contributed by atoms with Crippen molar-refractivity contribution in [3.63, 3.8) is 0 Å². The molecule has 0 radical (unpaired) electrons. The number of nitrogens with one attached hydrogen (secondary N) is 1. The number of benzene rings is 1. The van der Waals surface area contributed by atoms with Crippen molar-refractivity contribution in [2.45, 2.75) is 27.7 Å². The van der Waals surface area contributed by atoms with E-state index >= 15 is 0 Å². The second-order valence-corrected chi connectivity index (χ2v) is 5.16. The van der Waals surface area contributed by atoms with Crippen molar-refractivity contribution in [2.75, 3.05) is 0 Å². The zero-order chi connectivity index (χ0) is 15.6. The van der Waals surface area contributed by atoms with Crippen LogP contribution in [-0.4, -0.2) is 16.8 Å². The van der Waals surface area contributed by atoms with Gasteiger partial charge >= 0.3 is 6.03 Å². The Hall–Kier alpha value is -2.56. The number of hydrogen-bond donors (Lipinski definition) is 2. The van der Waals surface area contributed by atoms with E-state index in [4.69, 9.17) is 5.73 Å². The van der Waals surface area contributed by atoms with Crippen LogP contribution in [0, 0.1) is 27.7 Å². The second-order valence-electron chi connectivity index (χ2n) is 5.16. The molecule has 0 saturated carbocycles. The van der Waals surface area contributed by atoms with Gasteiger partial charge in [-0.3, -0.25) is 0 Å². The summed E-state index contributed by atoms with van der Waals surface area (Å²) in [5.74, 6) is 0. The molecular formula is C16H20N4O. The Morgan fingerprint density at radius 1 is 1.19 bits per heavy atom. The Morgan fingerprint density at radius 3 is 2.52 bits per heavy atom. The summed E-state index contributed by atoms with van der Waals surface area (Å²) in [5, 5.41) is 3.82. The first-order chi connectivity index (χ1) is 9.90. The summed E-state index contributed by atoms with van der Waals surface area (Å²) >= 11 is 0. The molecule has 0 saturated heterocycles. The highest BCUT2D eigenvalue weighted by molar-refractivity contribution is 5.83. The van der Waals surface area contributed by atoms with Crippen LogP contribution in [0.1, 0.15) is 28.1 Å². The van der Waals surface area contributed by atoms with Gasteiger partial charge in [-0.05, 0) is 57.0 Å². The summed E-state index contributed by atoms with van der Waals surface area (Å²) in [5.41, 5.74) is 13.9. The van der Waals surface area contributed by atoms with Gasteiger partial charge < -0.3 is 10.3 Å². The lowest BCUT2D eigenvalue weighted by molar-refractivity contribution is 0.249. The molecule has 5 nitrogen and oxygen atoms in total. The van der Waals surface area contributed by atoms with Gasteiger partial charge in [-0.25, -0.2) is 10.2 Å². The maximum absolute atomic E-state index is 10.6. The molecule has 2 amide bonds. The Morgan fingerprint density at radius 2 is 1.90 bits per heavy atom. The monoisotopic (exact) mass is 284 g/mol. The van der Waals surface area contributed by atoms with Gasteiger partial charge in [0, 0.05) is 22.6 Å². The molecule has 3 N–H and O–H groups in total. The molecule has 1 aromatic heterocycles. The first-order valence-electron chi connectivity index (χ1n) is 6.75. The van der Waals surface area contributed by atoms with E-state index in [0.717, 1.165) is 22.6 Å². The molecule has 0 bridgehead atoms. The number of aromatic nitrogens is 1. The smallest absolute Gasteiger partial charge is 0.332 e. The number of hydrazone groups is 1. The maximum atomic E-state index is 10.6. The SMILES string of the molecule is Cc1ccc(-n2c(C)cc(/C=N/NC(N)=O)c2C)cc1C. The number of rotatable bonds is 3. The molecule has 2 aromatic rings. The lowest BCUT2D eigenvalue weighted by atomic mass is 10.1. The largest absolute Gasteiger partial charge is 0.350 e. The van der Waals surface area contributed by atoms with Gasteiger partial charge in [0.15, 0.2) is 0 Å². The van der Waals surface area contributed by atoms with E-state index in [1.807, 2.05) is 19.9 Å². The van der Waals surface area contributed by atoms with Crippen molar-refractivity contribution in [3.05, 3.63) is 52.3 Å². The van der Waals surface area contributed by atoms with Crippen molar-refractivity contribution < 1.29 is 4.79 Å². The highest BCUT2D eigenvalue weighted by Gasteiger charge is 2.10. The molecule has 110 valence electrons. The summed E-state index contributed by atoms with van der Waals surface area (Å²) in [6.07, 6.45) is 1.60. The van der Waals surface area contributed by atoms with E-state index < -0.39 is 6.03 Å². The van der Waals surface area contributed by atoms with Gasteiger partial charge in [0.2, 0.25) is 0 Å². The minimum Gasteiger partial charge on any atom is -0.350 e. The van der Waals surface area contributed by atoms with Crippen molar-refractivity contribution in [3.8, 4) is 5.69 Å². The van der Waals surface area contributed by atoms with Crippen LogP contribution in [0.5, 0.6) is 0 Å². The maximum Gasteiger partial charge on any atom is 0.332 e. The predicted molar refractivity (Wildman–Crippen MR) is 85.0 cm³/mol. The summed E-state index contributed by atoms with van der Waals surface area (Å²) in [4.78, 5) is 10.6. The molecule has 5 heteroatoms. The number of primary amides is 1. The van der Waals surface area contributed by atoms with E-state index in [0.29, 0.717) is 0 Å². The fraction of sp³-hybridized carbons (Fsp3) is 0.250. The number of carbonyl (C=O) groups excluding carboxylic acids is 1. The summed E-state index contributed by atoms with van der Waals surface area (Å²) < 4.78 is 2.16. The summed E-state index contributed by atoms with van der Waals surface area (Å²) in [6, 6.07) is 7.74. The molecule has 0 atom stereocenters. The minimum absolute atomic E-state index is 0.672. The molecule has 2 rings (SSSR count). The fourth-order valence-corrected chi connectivity index (χ4v) is 2.35. The van der Waals surface area contributed by atoms with Crippen LogP contribution in [0.3, 0.4) is 0 Å². The molecule has 0 aliphatic carbocycles. The van der Waals surface area contributed by atoms with Crippen molar-refractivity contribution in [1.82, 2.24) is 9.99 Å². The molecule has 1 aromatic carbocycles. The minimum atomic E-state index is -0.672. The first kappa shape index (κ1) is 14.8. The lowest BCUT2D eigenvalue weighted by Crippen LogP contribution is -2.24. The second kappa shape index (κ2) is 5.83. The molecule has 0 unspecified atom stereocenters. The van der Waals surface area contributed by atoms with E-state index in [2.05, 4.69) is 47.1 Å². The highest BCUT2D eigenvalue weighted by atomic mass is 16.2. The van der Waals surface area contributed by atoms with Gasteiger partial charge in [-0.1, -0.05) is 6.07 Å². The molecular weight excluding hydrogens is 264 g/mol. The molecule has 0 aliphatic rings. The number of urea groups is 1. The van der Waals surface area contributed by atoms with Crippen LogP contribution in [0.2, 0.25) is 0 Å². The van der Waals surface area contributed by atoms with Crippen molar-refractivity contribution >= 4 is 12.2 Å². The van der Waals surface area contributed by atoms with Gasteiger partial charge in [0.05, 0.1) is 6.21 Å². The lowest BCUT2D eigenvalue weighted by Gasteiger charge is -2.11. The standard InChI is InChI=1S/C16H20N4O/c1-10-5-6-15(7-11(10)2)20-12(3)8-14(13(20)4)9-18-19-16(17)21/h5-9H,1-4H3,(H3,17,19,21)/b18-9+. The van der Waals surface area contributed by atoms with Crippen LogP contribution in [0.15, 0.2) is 29.4 Å². The quantitative estimate of drug-likeness (QED) is 0.660. The average molecular weight is 284 g/mol. The topological polar surface area (TPSA) is 72.4 Å². The van der Waals surface area contributed by atoms with E-state index in [1.165, 1.54) is 11.1 Å². The van der Waals surface area contributed by atoms with E-state index in [-0.39, 0.29) is 0 Å². The fourth-order valence-electron chi connectivity index (χ4n) is 2.35. The van der Waals surface area contributed by atoms with Gasteiger partial charge in [-0.15, -0.1) is 0 Å². The Balaban J connectivity index is 2.41. The number of amides is 2. The van der Waals surface area contributed by atoms with Gasteiger partial charge in [0.1, 0.15) is 0 Å². The number of nitrogens with two attached hydrogens (primary N) is 1. The van der Waals surface area contributed by atoms with E-state index in [1.54, 1.807) is 6.21 Å². The van der Waals surface area contributed by atoms with E-state index in [9.17, 15) is 4.79 Å². The number of carbonyl (C=O) groups is 1. The third-order valence-corrected chi connectivity index (χ3v) is 3.60. The number of nitrogens with zero attached hydrogens (tertiary/aromatic N) is 2. The van der Waals surface area contributed by atoms with Crippen LogP contribution >= 0.6 is 0 Å². The van der Waals surface area contributed by atoms with Gasteiger partial charge in [0.25, 0.3) is 0 Å². The summed E-state index contributed by atoms with van der Waals surface area (Å²) in [6.45, 7) is 8.27. The normalized spacial score (nSPS) is 11.0. The Kier molecular flexibility index (Phi) is 4.12. The number of hydrogen-bond acceptors (Lipinski definition) is 2. The Labute approximate surface area is 124 Å². The third kappa shape index (κ3) is 3.13. The van der Waals surface area contributed by atoms with Crippen molar-refractivity contribution in [2.24, 2.45) is 10.8 Å². The molecule has 0 spiro atoms.